The SMILES string of the molecule is O=C(O)c1cccc(CNc2cc(Cl)cc(Cl)c2)n1. The first-order valence-electron chi connectivity index (χ1n) is 5.44. The third-order valence-electron chi connectivity index (χ3n) is 2.36. The number of halogens is 2. The number of aromatic nitrogens is 1. The van der Waals surface area contributed by atoms with E-state index in [1.165, 1.54) is 6.07 Å². The number of carbonyl (C=O) groups is 1. The van der Waals surface area contributed by atoms with Gasteiger partial charge in [0.05, 0.1) is 12.2 Å². The van der Waals surface area contributed by atoms with Crippen LogP contribution in [0.2, 0.25) is 10.0 Å². The van der Waals surface area contributed by atoms with E-state index in [2.05, 4.69) is 10.3 Å². The average Bonchev–Trinajstić information content (AvgIpc) is 2.35. The number of carboxylic acids is 1. The van der Waals surface area contributed by atoms with E-state index in [1.54, 1.807) is 30.3 Å². The number of nitrogens with one attached hydrogen (secondary N) is 1. The first kappa shape index (κ1) is 13.6. The Balaban J connectivity index is 2.10. The summed E-state index contributed by atoms with van der Waals surface area (Å²) in [5.41, 5.74) is 1.39. The summed E-state index contributed by atoms with van der Waals surface area (Å²) in [6, 6.07) is 9.94. The molecule has 0 bridgehead atoms. The molecule has 2 N–H and O–H groups in total. The van der Waals surface area contributed by atoms with Crippen molar-refractivity contribution in [2.75, 3.05) is 5.32 Å². The number of carboxylic acid groups (broad SMARTS) is 1. The Kier molecular flexibility index (Phi) is 4.24. The summed E-state index contributed by atoms with van der Waals surface area (Å²) in [4.78, 5) is 14.8. The zero-order valence-corrected chi connectivity index (χ0v) is 11.2. The van der Waals surface area contributed by atoms with Crippen LogP contribution in [0.15, 0.2) is 36.4 Å². The molecule has 0 aliphatic rings. The molecule has 19 heavy (non-hydrogen) atoms. The number of rotatable bonds is 4. The van der Waals surface area contributed by atoms with Crippen molar-refractivity contribution in [2.24, 2.45) is 0 Å². The van der Waals surface area contributed by atoms with Crippen LogP contribution in [0, 0.1) is 0 Å². The number of aromatic carboxylic acids is 1. The third-order valence-corrected chi connectivity index (χ3v) is 2.80. The number of nitrogens with zero attached hydrogens (tertiary/aromatic N) is 1. The van der Waals surface area contributed by atoms with E-state index in [-0.39, 0.29) is 5.69 Å². The molecule has 1 heterocycles. The van der Waals surface area contributed by atoms with Crippen molar-refractivity contribution in [1.82, 2.24) is 4.98 Å². The van der Waals surface area contributed by atoms with Gasteiger partial charge in [0.1, 0.15) is 5.69 Å². The van der Waals surface area contributed by atoms with E-state index in [9.17, 15) is 4.79 Å². The van der Waals surface area contributed by atoms with Gasteiger partial charge in [-0.3, -0.25) is 0 Å². The maximum Gasteiger partial charge on any atom is 0.354 e. The van der Waals surface area contributed by atoms with Gasteiger partial charge >= 0.3 is 5.97 Å². The van der Waals surface area contributed by atoms with Crippen molar-refractivity contribution >= 4 is 34.9 Å². The second kappa shape index (κ2) is 5.91. The van der Waals surface area contributed by atoms with Crippen LogP contribution in [0.25, 0.3) is 0 Å². The second-order valence-electron chi connectivity index (χ2n) is 3.83. The minimum Gasteiger partial charge on any atom is -0.477 e. The molecule has 0 radical (unpaired) electrons. The molecule has 0 aliphatic carbocycles. The first-order chi connectivity index (χ1) is 9.04. The average molecular weight is 297 g/mol. The molecule has 0 unspecified atom stereocenters. The molecule has 0 atom stereocenters. The van der Waals surface area contributed by atoms with Gasteiger partial charge in [-0.1, -0.05) is 29.3 Å². The highest BCUT2D eigenvalue weighted by Crippen LogP contribution is 2.22. The zero-order chi connectivity index (χ0) is 13.8. The maximum absolute atomic E-state index is 10.8. The van der Waals surface area contributed by atoms with Gasteiger partial charge in [-0.05, 0) is 30.3 Å². The molecule has 0 saturated heterocycles. The third kappa shape index (κ3) is 3.84. The van der Waals surface area contributed by atoms with E-state index < -0.39 is 5.97 Å². The second-order valence-corrected chi connectivity index (χ2v) is 4.70. The summed E-state index contributed by atoms with van der Waals surface area (Å²) in [7, 11) is 0. The van der Waals surface area contributed by atoms with Crippen LogP contribution in [0.4, 0.5) is 5.69 Å². The van der Waals surface area contributed by atoms with Gasteiger partial charge < -0.3 is 10.4 Å². The highest BCUT2D eigenvalue weighted by Gasteiger charge is 2.05. The van der Waals surface area contributed by atoms with Gasteiger partial charge in [-0.25, -0.2) is 9.78 Å². The lowest BCUT2D eigenvalue weighted by molar-refractivity contribution is 0.0690. The Morgan fingerprint density at radius 3 is 2.53 bits per heavy atom. The van der Waals surface area contributed by atoms with Gasteiger partial charge in [0.2, 0.25) is 0 Å². The van der Waals surface area contributed by atoms with Gasteiger partial charge in [-0.15, -0.1) is 0 Å². The van der Waals surface area contributed by atoms with Crippen LogP contribution in [0.1, 0.15) is 16.2 Å². The summed E-state index contributed by atoms with van der Waals surface area (Å²) < 4.78 is 0. The van der Waals surface area contributed by atoms with Crippen LogP contribution in [0.3, 0.4) is 0 Å². The maximum atomic E-state index is 10.8. The van der Waals surface area contributed by atoms with Crippen LogP contribution in [0.5, 0.6) is 0 Å². The Hall–Kier alpha value is -1.78. The fourth-order valence-electron chi connectivity index (χ4n) is 1.55. The van der Waals surface area contributed by atoms with Gasteiger partial charge in [0, 0.05) is 15.7 Å². The Labute approximate surface area is 120 Å². The van der Waals surface area contributed by atoms with Crippen LogP contribution in [-0.2, 0) is 6.54 Å². The molecule has 0 spiro atoms. The lowest BCUT2D eigenvalue weighted by atomic mass is 10.2. The van der Waals surface area contributed by atoms with E-state index in [1.807, 2.05) is 0 Å². The monoisotopic (exact) mass is 296 g/mol. The fraction of sp³-hybridized carbons (Fsp3) is 0.0769. The summed E-state index contributed by atoms with van der Waals surface area (Å²) >= 11 is 11.8. The van der Waals surface area contributed by atoms with E-state index in [0.717, 1.165) is 5.69 Å². The molecule has 4 nitrogen and oxygen atoms in total. The molecule has 98 valence electrons. The highest BCUT2D eigenvalue weighted by atomic mass is 35.5. The van der Waals surface area contributed by atoms with Gasteiger partial charge in [0.25, 0.3) is 0 Å². The largest absolute Gasteiger partial charge is 0.477 e. The summed E-state index contributed by atoms with van der Waals surface area (Å²) in [6.07, 6.45) is 0. The van der Waals surface area contributed by atoms with Crippen molar-refractivity contribution in [2.45, 2.75) is 6.54 Å². The highest BCUT2D eigenvalue weighted by molar-refractivity contribution is 6.35. The Bertz CT molecular complexity index is 597. The minimum atomic E-state index is -1.05. The van der Waals surface area contributed by atoms with Crippen LogP contribution in [-0.4, -0.2) is 16.1 Å². The number of hydrogen-bond acceptors (Lipinski definition) is 3. The molecular formula is C13H10Cl2N2O2. The number of hydrogen-bond donors (Lipinski definition) is 2. The predicted molar refractivity (Wildman–Crippen MR) is 75.0 cm³/mol. The molecule has 6 heteroatoms. The number of anilines is 1. The fourth-order valence-corrected chi connectivity index (χ4v) is 2.07. The topological polar surface area (TPSA) is 62.2 Å². The lowest BCUT2D eigenvalue weighted by Crippen LogP contribution is -2.06. The summed E-state index contributed by atoms with van der Waals surface area (Å²) in [5.74, 6) is -1.05. The summed E-state index contributed by atoms with van der Waals surface area (Å²) in [6.45, 7) is 0.387. The quantitative estimate of drug-likeness (QED) is 0.903. The van der Waals surface area contributed by atoms with Crippen LogP contribution >= 0.6 is 23.2 Å². The Morgan fingerprint density at radius 2 is 1.89 bits per heavy atom. The molecule has 0 amide bonds. The molecule has 2 aromatic rings. The van der Waals surface area contributed by atoms with E-state index >= 15 is 0 Å². The van der Waals surface area contributed by atoms with Crippen molar-refractivity contribution in [1.29, 1.82) is 0 Å². The van der Waals surface area contributed by atoms with Crippen molar-refractivity contribution in [3.8, 4) is 0 Å². The van der Waals surface area contributed by atoms with Gasteiger partial charge in [-0.2, -0.15) is 0 Å². The van der Waals surface area contributed by atoms with Crippen molar-refractivity contribution in [3.63, 3.8) is 0 Å². The zero-order valence-electron chi connectivity index (χ0n) is 9.73. The standard InChI is InChI=1S/C13H10Cl2N2O2/c14-8-4-9(15)6-11(5-8)16-7-10-2-1-3-12(17-10)13(18)19/h1-6,16H,7H2,(H,18,19). The van der Waals surface area contributed by atoms with Gasteiger partial charge in [0.15, 0.2) is 0 Å². The smallest absolute Gasteiger partial charge is 0.354 e. The molecule has 2 rings (SSSR count). The number of pyridine rings is 1. The Morgan fingerprint density at radius 1 is 1.21 bits per heavy atom. The molecule has 0 aliphatic heterocycles. The minimum absolute atomic E-state index is 0.0171. The summed E-state index contributed by atoms with van der Waals surface area (Å²) in [5, 5.41) is 13.0. The molecule has 1 aromatic heterocycles. The molecule has 0 saturated carbocycles. The molecule has 0 fully saturated rings. The predicted octanol–water partition coefficient (Wildman–Crippen LogP) is 3.70. The van der Waals surface area contributed by atoms with Crippen LogP contribution < -0.4 is 5.32 Å². The first-order valence-corrected chi connectivity index (χ1v) is 6.19. The number of benzene rings is 1. The normalized spacial score (nSPS) is 10.2. The molecular weight excluding hydrogens is 287 g/mol. The van der Waals surface area contributed by atoms with Crippen molar-refractivity contribution < 1.29 is 9.90 Å². The van der Waals surface area contributed by atoms with E-state index in [0.29, 0.717) is 22.3 Å². The van der Waals surface area contributed by atoms with E-state index in [4.69, 9.17) is 28.3 Å². The van der Waals surface area contributed by atoms with Crippen molar-refractivity contribution in [3.05, 3.63) is 57.8 Å². The lowest BCUT2D eigenvalue weighted by Gasteiger charge is -2.07. The molecule has 1 aromatic carbocycles.